The van der Waals surface area contributed by atoms with Crippen LogP contribution in [0.4, 0.5) is 0 Å². The fourth-order valence-electron chi connectivity index (χ4n) is 3.20. The molecular formula is C20H21NO5. The summed E-state index contributed by atoms with van der Waals surface area (Å²) in [5, 5.41) is 2.86. The van der Waals surface area contributed by atoms with Gasteiger partial charge in [-0.15, -0.1) is 0 Å². The second-order valence-corrected chi connectivity index (χ2v) is 6.15. The third-order valence-corrected chi connectivity index (χ3v) is 4.69. The number of hydrogen-bond donors (Lipinski definition) is 1. The first-order valence-electron chi connectivity index (χ1n) is 8.23. The van der Waals surface area contributed by atoms with Gasteiger partial charge in [0.1, 0.15) is 5.54 Å². The molecule has 3 rings (SSSR count). The quantitative estimate of drug-likeness (QED) is 0.806. The van der Waals surface area contributed by atoms with Crippen LogP contribution in [-0.2, 0) is 9.53 Å². The molecule has 26 heavy (non-hydrogen) atoms. The summed E-state index contributed by atoms with van der Waals surface area (Å²) in [5.74, 6) is 0.224. The topological polar surface area (TPSA) is 73.9 Å². The van der Waals surface area contributed by atoms with E-state index in [4.69, 9.17) is 14.2 Å². The molecule has 0 heterocycles. The van der Waals surface area contributed by atoms with Crippen molar-refractivity contribution in [3.05, 3.63) is 59.7 Å². The minimum absolute atomic E-state index is 0.192. The molecule has 1 fully saturated rings. The zero-order valence-corrected chi connectivity index (χ0v) is 14.9. The molecule has 136 valence electrons. The molecule has 1 aliphatic carbocycles. The van der Waals surface area contributed by atoms with Crippen molar-refractivity contribution in [1.82, 2.24) is 5.32 Å². The van der Waals surface area contributed by atoms with Crippen molar-refractivity contribution < 1.29 is 23.8 Å². The smallest absolute Gasteiger partial charge is 0.332 e. The SMILES string of the molecule is COC(=O)[C@]1(NC(=O)c2ccccc2)C[C@@H]1c1ccc(OC)c(OC)c1. The normalized spacial score (nSPS) is 20.8. The van der Waals surface area contributed by atoms with Gasteiger partial charge in [-0.25, -0.2) is 4.79 Å². The van der Waals surface area contributed by atoms with Crippen LogP contribution < -0.4 is 14.8 Å². The van der Waals surface area contributed by atoms with Gasteiger partial charge in [-0.3, -0.25) is 4.79 Å². The molecule has 1 N–H and O–H groups in total. The number of esters is 1. The summed E-state index contributed by atoms with van der Waals surface area (Å²) in [7, 11) is 4.44. The lowest BCUT2D eigenvalue weighted by atomic mass is 10.0. The Balaban J connectivity index is 1.87. The first kappa shape index (κ1) is 17.8. The van der Waals surface area contributed by atoms with E-state index in [0.29, 0.717) is 23.5 Å². The van der Waals surface area contributed by atoms with Gasteiger partial charge < -0.3 is 19.5 Å². The van der Waals surface area contributed by atoms with Crippen molar-refractivity contribution in [3.8, 4) is 11.5 Å². The van der Waals surface area contributed by atoms with Crippen molar-refractivity contribution in [1.29, 1.82) is 0 Å². The summed E-state index contributed by atoms with van der Waals surface area (Å²) >= 11 is 0. The largest absolute Gasteiger partial charge is 0.493 e. The van der Waals surface area contributed by atoms with Crippen molar-refractivity contribution in [2.24, 2.45) is 0 Å². The maximum atomic E-state index is 12.6. The Kier molecular flexibility index (Phi) is 4.84. The lowest BCUT2D eigenvalue weighted by molar-refractivity contribution is -0.144. The number of rotatable bonds is 6. The van der Waals surface area contributed by atoms with Crippen molar-refractivity contribution >= 4 is 11.9 Å². The average Bonchev–Trinajstić information content (AvgIpc) is 3.42. The van der Waals surface area contributed by atoms with E-state index in [1.165, 1.54) is 7.11 Å². The molecule has 2 aromatic rings. The molecule has 2 atom stereocenters. The van der Waals surface area contributed by atoms with Crippen LogP contribution in [0.15, 0.2) is 48.5 Å². The molecule has 0 radical (unpaired) electrons. The molecule has 6 nitrogen and oxygen atoms in total. The number of carbonyl (C=O) groups excluding carboxylic acids is 2. The van der Waals surface area contributed by atoms with Gasteiger partial charge in [-0.2, -0.15) is 0 Å². The minimum atomic E-state index is -1.07. The van der Waals surface area contributed by atoms with Crippen LogP contribution in [0.5, 0.6) is 11.5 Å². The monoisotopic (exact) mass is 355 g/mol. The molecule has 1 amide bonds. The predicted octanol–water partition coefficient (Wildman–Crippen LogP) is 2.53. The van der Waals surface area contributed by atoms with E-state index in [2.05, 4.69) is 5.32 Å². The van der Waals surface area contributed by atoms with E-state index < -0.39 is 11.5 Å². The molecule has 0 unspecified atom stereocenters. The van der Waals surface area contributed by atoms with Gasteiger partial charge in [-0.1, -0.05) is 24.3 Å². The molecule has 1 aliphatic rings. The first-order chi connectivity index (χ1) is 12.6. The summed E-state index contributed by atoms with van der Waals surface area (Å²) in [6.45, 7) is 0. The second-order valence-electron chi connectivity index (χ2n) is 6.15. The Morgan fingerprint density at radius 1 is 1.00 bits per heavy atom. The van der Waals surface area contributed by atoms with Crippen LogP contribution >= 0.6 is 0 Å². The summed E-state index contributed by atoms with van der Waals surface area (Å²) < 4.78 is 15.5. The van der Waals surface area contributed by atoms with E-state index >= 15 is 0 Å². The van der Waals surface area contributed by atoms with E-state index in [-0.39, 0.29) is 11.8 Å². The third kappa shape index (κ3) is 3.10. The van der Waals surface area contributed by atoms with Crippen LogP contribution in [0.25, 0.3) is 0 Å². The number of ether oxygens (including phenoxy) is 3. The lowest BCUT2D eigenvalue weighted by Gasteiger charge is -2.18. The van der Waals surface area contributed by atoms with Gasteiger partial charge in [0.25, 0.3) is 5.91 Å². The highest BCUT2D eigenvalue weighted by atomic mass is 16.5. The molecule has 0 saturated heterocycles. The van der Waals surface area contributed by atoms with Gasteiger partial charge >= 0.3 is 5.97 Å². The van der Waals surface area contributed by atoms with Crippen LogP contribution in [-0.4, -0.2) is 38.7 Å². The van der Waals surface area contributed by atoms with Crippen molar-refractivity contribution in [2.75, 3.05) is 21.3 Å². The third-order valence-electron chi connectivity index (χ3n) is 4.69. The van der Waals surface area contributed by atoms with E-state index in [1.54, 1.807) is 44.6 Å². The average molecular weight is 355 g/mol. The van der Waals surface area contributed by atoms with Gasteiger partial charge in [0.05, 0.1) is 21.3 Å². The Morgan fingerprint density at radius 3 is 2.31 bits per heavy atom. The highest BCUT2D eigenvalue weighted by Gasteiger charge is 2.63. The van der Waals surface area contributed by atoms with Crippen LogP contribution in [0.2, 0.25) is 0 Å². The van der Waals surface area contributed by atoms with E-state index in [1.807, 2.05) is 18.2 Å². The van der Waals surface area contributed by atoms with Crippen molar-refractivity contribution in [2.45, 2.75) is 17.9 Å². The van der Waals surface area contributed by atoms with Gasteiger partial charge in [0, 0.05) is 11.5 Å². The first-order valence-corrected chi connectivity index (χ1v) is 8.23. The fraction of sp³-hybridized carbons (Fsp3) is 0.300. The Bertz CT molecular complexity index is 820. The number of benzene rings is 2. The minimum Gasteiger partial charge on any atom is -0.493 e. The highest BCUT2D eigenvalue weighted by Crippen LogP contribution is 2.53. The number of nitrogens with one attached hydrogen (secondary N) is 1. The number of amides is 1. The predicted molar refractivity (Wildman–Crippen MR) is 95.6 cm³/mol. The molecule has 0 bridgehead atoms. The number of methoxy groups -OCH3 is 3. The van der Waals surface area contributed by atoms with Gasteiger partial charge in [0.15, 0.2) is 11.5 Å². The Hall–Kier alpha value is -3.02. The summed E-state index contributed by atoms with van der Waals surface area (Å²) in [4.78, 5) is 25.0. The maximum absolute atomic E-state index is 12.6. The standard InChI is InChI=1S/C20H21NO5/c1-24-16-10-9-14(11-17(16)25-2)15-12-20(15,19(23)26-3)21-18(22)13-7-5-4-6-8-13/h4-11,15H,12H2,1-3H3,(H,21,22)/t15-,20+/m1/s1. The molecule has 2 aromatic carbocycles. The summed E-state index contributed by atoms with van der Waals surface area (Å²) in [6.07, 6.45) is 0.466. The second kappa shape index (κ2) is 7.07. The van der Waals surface area contributed by atoms with E-state index in [0.717, 1.165) is 5.56 Å². The fourth-order valence-corrected chi connectivity index (χ4v) is 3.20. The Labute approximate surface area is 152 Å². The molecular weight excluding hydrogens is 334 g/mol. The number of hydrogen-bond acceptors (Lipinski definition) is 5. The number of carbonyl (C=O) groups is 2. The summed E-state index contributed by atoms with van der Waals surface area (Å²) in [6, 6.07) is 14.3. The van der Waals surface area contributed by atoms with Gasteiger partial charge in [0.2, 0.25) is 0 Å². The van der Waals surface area contributed by atoms with Crippen molar-refractivity contribution in [3.63, 3.8) is 0 Å². The van der Waals surface area contributed by atoms with Crippen LogP contribution in [0.1, 0.15) is 28.3 Å². The molecule has 1 saturated carbocycles. The van der Waals surface area contributed by atoms with Gasteiger partial charge in [-0.05, 0) is 36.2 Å². The summed E-state index contributed by atoms with van der Waals surface area (Å²) in [5.41, 5.74) is 0.302. The zero-order chi connectivity index (χ0) is 18.7. The zero-order valence-electron chi connectivity index (χ0n) is 14.9. The Morgan fingerprint density at radius 2 is 1.69 bits per heavy atom. The van der Waals surface area contributed by atoms with E-state index in [9.17, 15) is 9.59 Å². The molecule has 0 spiro atoms. The molecule has 0 aromatic heterocycles. The van der Waals surface area contributed by atoms with Crippen LogP contribution in [0, 0.1) is 0 Å². The lowest BCUT2D eigenvalue weighted by Crippen LogP contribution is -2.45. The maximum Gasteiger partial charge on any atom is 0.332 e. The van der Waals surface area contributed by atoms with Crippen LogP contribution in [0.3, 0.4) is 0 Å². The molecule has 0 aliphatic heterocycles. The highest BCUT2D eigenvalue weighted by molar-refractivity contribution is 6.00. The molecule has 6 heteroatoms.